The molecule has 1 fully saturated rings. The number of halogens is 3. The lowest BCUT2D eigenvalue weighted by atomic mass is 10.1. The van der Waals surface area contributed by atoms with Crippen molar-refractivity contribution in [1.29, 1.82) is 0 Å². The Kier molecular flexibility index (Phi) is 7.13. The largest absolute Gasteiger partial charge is 0.371 e. The van der Waals surface area contributed by atoms with Crippen molar-refractivity contribution in [2.24, 2.45) is 5.92 Å². The molecule has 0 saturated carbocycles. The maximum absolute atomic E-state index is 13.4. The van der Waals surface area contributed by atoms with Crippen LogP contribution < -0.4 is 10.2 Å². The van der Waals surface area contributed by atoms with Crippen molar-refractivity contribution >= 4 is 39.3 Å². The quantitative estimate of drug-likeness (QED) is 0.606. The number of nitrogens with one attached hydrogen (secondary N) is 1. The van der Waals surface area contributed by atoms with E-state index in [4.69, 9.17) is 0 Å². The molecular formula is C20H21BrF2N2OS. The van der Waals surface area contributed by atoms with Crippen molar-refractivity contribution in [2.45, 2.75) is 17.7 Å². The predicted octanol–water partition coefficient (Wildman–Crippen LogP) is 4.85. The summed E-state index contributed by atoms with van der Waals surface area (Å²) in [6, 6.07) is 12.0. The van der Waals surface area contributed by atoms with Crippen molar-refractivity contribution in [2.75, 3.05) is 30.3 Å². The van der Waals surface area contributed by atoms with Crippen molar-refractivity contribution < 1.29 is 13.6 Å². The van der Waals surface area contributed by atoms with Crippen molar-refractivity contribution in [3.8, 4) is 0 Å². The topological polar surface area (TPSA) is 32.3 Å². The summed E-state index contributed by atoms with van der Waals surface area (Å²) >= 11 is 5.06. The highest BCUT2D eigenvalue weighted by atomic mass is 79.9. The summed E-state index contributed by atoms with van der Waals surface area (Å²) in [4.78, 5) is 15.2. The summed E-state index contributed by atoms with van der Waals surface area (Å²) in [7, 11) is 0. The van der Waals surface area contributed by atoms with Crippen LogP contribution in [0, 0.1) is 17.6 Å². The van der Waals surface area contributed by atoms with Crippen LogP contribution in [0.5, 0.6) is 0 Å². The van der Waals surface area contributed by atoms with Gasteiger partial charge in [0, 0.05) is 52.9 Å². The van der Waals surface area contributed by atoms with Crippen LogP contribution in [0.15, 0.2) is 51.8 Å². The molecule has 7 heteroatoms. The van der Waals surface area contributed by atoms with E-state index in [0.717, 1.165) is 40.7 Å². The number of rotatable bonds is 7. The molecule has 27 heavy (non-hydrogen) atoms. The van der Waals surface area contributed by atoms with Crippen molar-refractivity contribution in [1.82, 2.24) is 5.32 Å². The molecule has 1 amide bonds. The molecule has 3 nitrogen and oxygen atoms in total. The van der Waals surface area contributed by atoms with Gasteiger partial charge in [0.2, 0.25) is 5.91 Å². The Hall–Kier alpha value is -1.60. The highest BCUT2D eigenvalue weighted by Gasteiger charge is 2.23. The van der Waals surface area contributed by atoms with Crippen LogP contribution in [0.1, 0.15) is 12.8 Å². The molecule has 0 aliphatic carbocycles. The first-order valence-corrected chi connectivity index (χ1v) is 10.6. The van der Waals surface area contributed by atoms with Crippen molar-refractivity contribution in [3.63, 3.8) is 0 Å². The van der Waals surface area contributed by atoms with E-state index in [2.05, 4.69) is 21.2 Å². The second kappa shape index (κ2) is 9.55. The maximum atomic E-state index is 13.4. The number of nitrogens with zero attached hydrogens (tertiary/aromatic N) is 1. The Morgan fingerprint density at radius 1 is 1.19 bits per heavy atom. The van der Waals surface area contributed by atoms with Gasteiger partial charge in [0.15, 0.2) is 11.6 Å². The molecule has 2 aromatic rings. The zero-order chi connectivity index (χ0) is 19.2. The molecule has 1 N–H and O–H groups in total. The van der Waals surface area contributed by atoms with E-state index in [9.17, 15) is 13.6 Å². The Balaban J connectivity index is 1.37. The number of hydrogen-bond acceptors (Lipinski definition) is 3. The fourth-order valence-corrected chi connectivity index (χ4v) is 4.17. The fourth-order valence-electron chi connectivity index (χ4n) is 3.05. The minimum absolute atomic E-state index is 0.0471. The average molecular weight is 455 g/mol. The predicted molar refractivity (Wildman–Crippen MR) is 109 cm³/mol. The zero-order valence-corrected chi connectivity index (χ0v) is 17.2. The van der Waals surface area contributed by atoms with E-state index in [1.807, 2.05) is 29.2 Å². The van der Waals surface area contributed by atoms with Crippen LogP contribution in [-0.2, 0) is 4.79 Å². The zero-order valence-electron chi connectivity index (χ0n) is 14.8. The molecule has 1 saturated heterocycles. The van der Waals surface area contributed by atoms with E-state index >= 15 is 0 Å². The fraction of sp³-hybridized carbons (Fsp3) is 0.350. The summed E-state index contributed by atoms with van der Waals surface area (Å²) in [5.41, 5.74) is 0.689. The van der Waals surface area contributed by atoms with Gasteiger partial charge >= 0.3 is 0 Å². The number of anilines is 1. The van der Waals surface area contributed by atoms with Crippen molar-refractivity contribution in [3.05, 3.63) is 58.6 Å². The Labute approximate surface area is 170 Å². The second-order valence-corrected chi connectivity index (χ2v) is 8.64. The monoisotopic (exact) mass is 454 g/mol. The molecule has 1 aliphatic heterocycles. The Bertz CT molecular complexity index is 788. The van der Waals surface area contributed by atoms with Gasteiger partial charge in [-0.05, 0) is 48.7 Å². The van der Waals surface area contributed by atoms with Gasteiger partial charge in [-0.3, -0.25) is 4.79 Å². The molecule has 0 aromatic heterocycles. The number of hydrogen-bond donors (Lipinski definition) is 1. The van der Waals surface area contributed by atoms with Crippen LogP contribution in [0.4, 0.5) is 14.5 Å². The van der Waals surface area contributed by atoms with Gasteiger partial charge in [0.25, 0.3) is 0 Å². The summed E-state index contributed by atoms with van der Waals surface area (Å²) < 4.78 is 27.5. The molecule has 1 unspecified atom stereocenters. The molecule has 1 atom stereocenters. The minimum Gasteiger partial charge on any atom is -0.371 e. The first-order chi connectivity index (χ1) is 13.0. The smallest absolute Gasteiger partial charge is 0.220 e. The summed E-state index contributed by atoms with van der Waals surface area (Å²) in [5.74, 6) is -0.554. The SMILES string of the molecule is O=C(CCSc1ccc(Br)cc1)NCC1CCN(c2ccc(F)c(F)c2)C1. The van der Waals surface area contributed by atoms with Gasteiger partial charge in [0.1, 0.15) is 0 Å². The third-order valence-electron chi connectivity index (χ3n) is 4.55. The number of carbonyl (C=O) groups excluding carboxylic acids is 1. The molecule has 1 heterocycles. The first kappa shape index (κ1) is 20.1. The van der Waals surface area contributed by atoms with Gasteiger partial charge in [-0.15, -0.1) is 11.8 Å². The van der Waals surface area contributed by atoms with E-state index in [-0.39, 0.29) is 5.91 Å². The average Bonchev–Trinajstić information content (AvgIpc) is 3.13. The van der Waals surface area contributed by atoms with Gasteiger partial charge in [0.05, 0.1) is 0 Å². The van der Waals surface area contributed by atoms with Crippen LogP contribution >= 0.6 is 27.7 Å². The normalized spacial score (nSPS) is 16.6. The molecule has 0 bridgehead atoms. The summed E-state index contributed by atoms with van der Waals surface area (Å²) in [6.07, 6.45) is 1.40. The molecule has 0 spiro atoms. The lowest BCUT2D eigenvalue weighted by molar-refractivity contribution is -0.120. The molecule has 2 aromatic carbocycles. The van der Waals surface area contributed by atoms with E-state index < -0.39 is 11.6 Å². The number of thioether (sulfide) groups is 1. The lowest BCUT2D eigenvalue weighted by Gasteiger charge is -2.19. The molecule has 144 valence electrons. The van der Waals surface area contributed by atoms with E-state index in [1.54, 1.807) is 17.8 Å². The van der Waals surface area contributed by atoms with E-state index in [1.165, 1.54) is 6.07 Å². The van der Waals surface area contributed by atoms with Gasteiger partial charge in [-0.1, -0.05) is 15.9 Å². The highest BCUT2D eigenvalue weighted by Crippen LogP contribution is 2.25. The number of carbonyl (C=O) groups is 1. The standard InChI is InChI=1S/C20H21BrF2N2OS/c21-15-1-4-17(5-2-15)27-10-8-20(26)24-12-14-7-9-25(13-14)16-3-6-18(22)19(23)11-16/h1-6,11,14H,7-10,12-13H2,(H,24,26). The second-order valence-electron chi connectivity index (χ2n) is 6.56. The van der Waals surface area contributed by atoms with E-state index in [0.29, 0.717) is 24.6 Å². The molecule has 3 rings (SSSR count). The van der Waals surface area contributed by atoms with Gasteiger partial charge < -0.3 is 10.2 Å². The van der Waals surface area contributed by atoms with Gasteiger partial charge in [-0.25, -0.2) is 8.78 Å². The summed E-state index contributed by atoms with van der Waals surface area (Å²) in [5, 5.41) is 2.99. The molecular weight excluding hydrogens is 434 g/mol. The van der Waals surface area contributed by atoms with Crippen LogP contribution in [0.3, 0.4) is 0 Å². The van der Waals surface area contributed by atoms with Crippen LogP contribution in [-0.4, -0.2) is 31.3 Å². The first-order valence-electron chi connectivity index (χ1n) is 8.86. The third-order valence-corrected chi connectivity index (χ3v) is 6.10. The van der Waals surface area contributed by atoms with Crippen LogP contribution in [0.2, 0.25) is 0 Å². The lowest BCUT2D eigenvalue weighted by Crippen LogP contribution is -2.31. The number of amides is 1. The molecule has 0 radical (unpaired) electrons. The maximum Gasteiger partial charge on any atom is 0.220 e. The molecule has 1 aliphatic rings. The highest BCUT2D eigenvalue weighted by molar-refractivity contribution is 9.10. The number of benzene rings is 2. The summed E-state index contributed by atoms with van der Waals surface area (Å²) in [6.45, 7) is 2.13. The van der Waals surface area contributed by atoms with Gasteiger partial charge in [-0.2, -0.15) is 0 Å². The Morgan fingerprint density at radius 3 is 2.70 bits per heavy atom. The third kappa shape index (κ3) is 5.94. The minimum atomic E-state index is -0.831. The Morgan fingerprint density at radius 2 is 1.96 bits per heavy atom. The van der Waals surface area contributed by atoms with Crippen LogP contribution in [0.25, 0.3) is 0 Å².